The van der Waals surface area contributed by atoms with Crippen molar-refractivity contribution in [3.8, 4) is 11.4 Å². The maximum Gasteiger partial charge on any atom is 0.199 e. The Hall–Kier alpha value is -2.39. The van der Waals surface area contributed by atoms with Crippen molar-refractivity contribution < 1.29 is 4.74 Å². The number of aryl methyl sites for hydroxylation is 1. The quantitative estimate of drug-likeness (QED) is 0.328. The Morgan fingerprint density at radius 3 is 2.88 bits per heavy atom. The van der Waals surface area contributed by atoms with Crippen molar-refractivity contribution >= 4 is 33.8 Å². The lowest BCUT2D eigenvalue weighted by Crippen LogP contribution is -2.36. The Labute approximate surface area is 203 Å². The van der Waals surface area contributed by atoms with Gasteiger partial charge < -0.3 is 4.74 Å². The van der Waals surface area contributed by atoms with E-state index in [1.165, 1.54) is 21.7 Å². The summed E-state index contributed by atoms with van der Waals surface area (Å²) >= 11 is 7.70. The van der Waals surface area contributed by atoms with Crippen LogP contribution in [-0.2, 0) is 18.0 Å². The number of thiazole rings is 1. The van der Waals surface area contributed by atoms with Crippen LogP contribution in [0.1, 0.15) is 29.3 Å². The SMILES string of the molecule is COCCn1c(-c2cccc(C)c2)nn(CN2CCCC(c3nc4ccccc4s3)C2)c1=S. The lowest BCUT2D eigenvalue weighted by Gasteiger charge is -2.31. The molecule has 0 radical (unpaired) electrons. The third-order valence-corrected chi connectivity index (χ3v) is 7.85. The van der Waals surface area contributed by atoms with Gasteiger partial charge in [-0.2, -0.15) is 5.10 Å². The maximum absolute atomic E-state index is 5.86. The summed E-state index contributed by atoms with van der Waals surface area (Å²) in [7, 11) is 1.72. The van der Waals surface area contributed by atoms with Gasteiger partial charge in [0.1, 0.15) is 0 Å². The van der Waals surface area contributed by atoms with Crippen molar-refractivity contribution in [3.63, 3.8) is 0 Å². The average Bonchev–Trinajstić information content (AvgIpc) is 3.39. The number of rotatable bonds is 7. The highest BCUT2D eigenvalue weighted by molar-refractivity contribution is 7.71. The van der Waals surface area contributed by atoms with Crippen molar-refractivity contribution in [2.75, 3.05) is 26.8 Å². The smallest absolute Gasteiger partial charge is 0.199 e. The van der Waals surface area contributed by atoms with Gasteiger partial charge in [0.05, 0.1) is 35.0 Å². The summed E-state index contributed by atoms with van der Waals surface area (Å²) in [4.78, 5) is 7.39. The van der Waals surface area contributed by atoms with E-state index in [4.69, 9.17) is 27.0 Å². The first kappa shape index (κ1) is 22.4. The fourth-order valence-electron chi connectivity index (χ4n) is 4.55. The molecule has 0 amide bonds. The number of likely N-dealkylation sites (tertiary alicyclic amines) is 1. The number of piperidine rings is 1. The number of ether oxygens (including phenoxy) is 1. The number of aromatic nitrogens is 4. The Bertz CT molecular complexity index is 1270. The lowest BCUT2D eigenvalue weighted by molar-refractivity contribution is 0.155. The number of benzene rings is 2. The number of hydrogen-bond donors (Lipinski definition) is 0. The molecule has 3 heterocycles. The van der Waals surface area contributed by atoms with E-state index in [9.17, 15) is 0 Å². The fourth-order valence-corrected chi connectivity index (χ4v) is 5.92. The second-order valence-corrected chi connectivity index (χ2v) is 10.1. The van der Waals surface area contributed by atoms with E-state index >= 15 is 0 Å². The Morgan fingerprint density at radius 2 is 2.06 bits per heavy atom. The monoisotopic (exact) mass is 479 g/mol. The molecule has 0 spiro atoms. The molecular weight excluding hydrogens is 450 g/mol. The highest BCUT2D eigenvalue weighted by atomic mass is 32.1. The molecule has 5 rings (SSSR count). The summed E-state index contributed by atoms with van der Waals surface area (Å²) in [5.74, 6) is 1.36. The zero-order valence-electron chi connectivity index (χ0n) is 19.1. The minimum Gasteiger partial charge on any atom is -0.383 e. The van der Waals surface area contributed by atoms with Gasteiger partial charge in [0.25, 0.3) is 0 Å². The van der Waals surface area contributed by atoms with E-state index in [0.717, 1.165) is 41.2 Å². The standard InChI is InChI=1S/C25H29N5OS2/c1-18-7-5-8-19(15-18)23-27-30(25(32)29(23)13-14-31-2)17-28-12-6-9-20(16-28)24-26-21-10-3-4-11-22(21)33-24/h3-5,7-8,10-11,15,20H,6,9,12-14,16-17H2,1-2H3. The van der Waals surface area contributed by atoms with Crippen LogP contribution in [0.3, 0.4) is 0 Å². The van der Waals surface area contributed by atoms with Gasteiger partial charge in [0.15, 0.2) is 10.6 Å². The molecule has 1 aliphatic rings. The molecule has 1 aliphatic heterocycles. The molecule has 1 atom stereocenters. The van der Waals surface area contributed by atoms with E-state index in [-0.39, 0.29) is 0 Å². The molecule has 0 aliphatic carbocycles. The van der Waals surface area contributed by atoms with E-state index in [1.807, 2.05) is 16.0 Å². The Morgan fingerprint density at radius 1 is 1.18 bits per heavy atom. The van der Waals surface area contributed by atoms with Crippen LogP contribution in [0.5, 0.6) is 0 Å². The van der Waals surface area contributed by atoms with Crippen molar-refractivity contribution in [1.29, 1.82) is 0 Å². The molecule has 0 saturated carbocycles. The molecule has 8 heteroatoms. The summed E-state index contributed by atoms with van der Waals surface area (Å²) in [6.45, 7) is 6.11. The van der Waals surface area contributed by atoms with Crippen molar-refractivity contribution in [1.82, 2.24) is 24.2 Å². The third kappa shape index (κ3) is 4.80. The van der Waals surface area contributed by atoms with E-state index in [2.05, 4.69) is 64.9 Å². The third-order valence-electron chi connectivity index (χ3n) is 6.22. The number of para-hydroxylation sites is 1. The summed E-state index contributed by atoms with van der Waals surface area (Å²) in [6.07, 6.45) is 2.33. The normalized spacial score (nSPS) is 17.1. The minimum absolute atomic E-state index is 0.456. The molecule has 172 valence electrons. The zero-order chi connectivity index (χ0) is 22.8. The van der Waals surface area contributed by atoms with Gasteiger partial charge in [-0.25, -0.2) is 9.67 Å². The average molecular weight is 480 g/mol. The number of hydrogen-bond acceptors (Lipinski definition) is 6. The summed E-state index contributed by atoms with van der Waals surface area (Å²) < 4.78 is 11.4. The van der Waals surface area contributed by atoms with E-state index in [1.54, 1.807) is 7.11 Å². The van der Waals surface area contributed by atoms with Gasteiger partial charge in [0, 0.05) is 25.1 Å². The van der Waals surface area contributed by atoms with Crippen LogP contribution in [0, 0.1) is 11.7 Å². The van der Waals surface area contributed by atoms with Crippen LogP contribution in [0.15, 0.2) is 48.5 Å². The second-order valence-electron chi connectivity index (χ2n) is 8.70. The molecule has 4 aromatic rings. The van der Waals surface area contributed by atoms with Gasteiger partial charge in [0.2, 0.25) is 0 Å². The van der Waals surface area contributed by atoms with Crippen molar-refractivity contribution in [2.45, 2.75) is 38.9 Å². The van der Waals surface area contributed by atoms with Crippen LogP contribution < -0.4 is 0 Å². The predicted octanol–water partition coefficient (Wildman–Crippen LogP) is 5.48. The first-order chi connectivity index (χ1) is 16.1. The lowest BCUT2D eigenvalue weighted by atomic mass is 9.99. The van der Waals surface area contributed by atoms with E-state index in [0.29, 0.717) is 25.7 Å². The van der Waals surface area contributed by atoms with Gasteiger partial charge in [-0.3, -0.25) is 9.47 Å². The Balaban J connectivity index is 1.39. The van der Waals surface area contributed by atoms with Gasteiger partial charge >= 0.3 is 0 Å². The number of nitrogens with zero attached hydrogens (tertiary/aromatic N) is 5. The molecular formula is C25H29N5OS2. The molecule has 1 fully saturated rings. The number of fused-ring (bicyclic) bond motifs is 1. The molecule has 2 aromatic heterocycles. The Kier molecular flexibility index (Phi) is 6.69. The topological polar surface area (TPSA) is 48.1 Å². The zero-order valence-corrected chi connectivity index (χ0v) is 20.7. The predicted molar refractivity (Wildman–Crippen MR) is 136 cm³/mol. The van der Waals surface area contributed by atoms with Gasteiger partial charge in [-0.1, -0.05) is 35.9 Å². The molecule has 2 aromatic carbocycles. The van der Waals surface area contributed by atoms with Crippen LogP contribution in [0.25, 0.3) is 21.6 Å². The van der Waals surface area contributed by atoms with Crippen molar-refractivity contribution in [3.05, 3.63) is 63.9 Å². The summed E-state index contributed by atoms with van der Waals surface area (Å²) in [6, 6.07) is 16.9. The van der Waals surface area contributed by atoms with Gasteiger partial charge in [-0.15, -0.1) is 11.3 Å². The van der Waals surface area contributed by atoms with Crippen LogP contribution in [0.4, 0.5) is 0 Å². The molecule has 6 nitrogen and oxygen atoms in total. The first-order valence-corrected chi connectivity index (χ1v) is 12.7. The van der Waals surface area contributed by atoms with Gasteiger partial charge in [-0.05, 0) is 56.7 Å². The summed E-state index contributed by atoms with van der Waals surface area (Å²) in [5.41, 5.74) is 3.40. The molecule has 1 unspecified atom stereocenters. The van der Waals surface area contributed by atoms with Crippen LogP contribution in [0.2, 0.25) is 0 Å². The molecule has 0 N–H and O–H groups in total. The second kappa shape index (κ2) is 9.85. The molecule has 1 saturated heterocycles. The highest BCUT2D eigenvalue weighted by Crippen LogP contribution is 2.33. The van der Waals surface area contributed by atoms with Crippen molar-refractivity contribution in [2.24, 2.45) is 0 Å². The summed E-state index contributed by atoms with van der Waals surface area (Å²) in [5, 5.41) is 6.21. The molecule has 33 heavy (non-hydrogen) atoms. The number of methoxy groups -OCH3 is 1. The minimum atomic E-state index is 0.456. The largest absolute Gasteiger partial charge is 0.383 e. The maximum atomic E-state index is 5.86. The fraction of sp³-hybridized carbons (Fsp3) is 0.400. The van der Waals surface area contributed by atoms with Crippen LogP contribution in [-0.4, -0.2) is 51.0 Å². The highest BCUT2D eigenvalue weighted by Gasteiger charge is 2.25. The van der Waals surface area contributed by atoms with Crippen LogP contribution >= 0.6 is 23.6 Å². The van der Waals surface area contributed by atoms with E-state index < -0.39 is 0 Å². The molecule has 0 bridgehead atoms. The first-order valence-electron chi connectivity index (χ1n) is 11.4.